The van der Waals surface area contributed by atoms with E-state index in [2.05, 4.69) is 0 Å². The summed E-state index contributed by atoms with van der Waals surface area (Å²) in [6.07, 6.45) is 0. The highest BCUT2D eigenvalue weighted by atomic mass is 32.2. The Labute approximate surface area is 171 Å². The first-order valence-corrected chi connectivity index (χ1v) is 10.9. The summed E-state index contributed by atoms with van der Waals surface area (Å²) in [6, 6.07) is 14.5. The number of nitrogens with zero attached hydrogens (tertiary/aromatic N) is 1. The van der Waals surface area contributed by atoms with Gasteiger partial charge in [-0.05, 0) is 24.3 Å². The van der Waals surface area contributed by atoms with Gasteiger partial charge >= 0.3 is 0 Å². The number of methoxy groups -OCH3 is 1. The van der Waals surface area contributed by atoms with Crippen LogP contribution in [0.1, 0.15) is 4.11 Å². The Balaban J connectivity index is 2.46. The van der Waals surface area contributed by atoms with Gasteiger partial charge in [-0.1, -0.05) is 36.4 Å². The van der Waals surface area contributed by atoms with Crippen molar-refractivity contribution in [2.45, 2.75) is 19.6 Å². The van der Waals surface area contributed by atoms with E-state index >= 15 is 0 Å². The fraction of sp³-hybridized carbons (Fsp3) is 0.0526. The molecule has 0 aliphatic rings. The van der Waals surface area contributed by atoms with Crippen molar-refractivity contribution < 1.29 is 30.6 Å². The Morgan fingerprint density at radius 2 is 1.24 bits per heavy atom. The first-order valence-electron chi connectivity index (χ1n) is 9.46. The molecule has 0 aromatic heterocycles. The summed E-state index contributed by atoms with van der Waals surface area (Å²) in [5.74, 6) is -1.02. The second kappa shape index (κ2) is 7.64. The zero-order chi connectivity index (χ0) is 23.7. The van der Waals surface area contributed by atoms with Crippen LogP contribution in [0, 0.1) is 10.1 Å². The molecule has 0 aliphatic heterocycles. The average Bonchev–Trinajstić information content (AvgIpc) is 2.73. The van der Waals surface area contributed by atoms with E-state index < -0.39 is 52.9 Å². The normalized spacial score (nSPS) is 13.7. The standard InChI is InChI=1S/C19H15NO7S2/c1-27-19-17(28(23,24)15-8-4-2-5-9-15)12-14(20(21)22)13-18(19)29(25,26)16-10-6-3-7-11-16/h2-13H,1H3/i1D3. The molecule has 0 saturated carbocycles. The molecule has 3 rings (SSSR count). The lowest BCUT2D eigenvalue weighted by Crippen LogP contribution is -2.11. The molecule has 29 heavy (non-hydrogen) atoms. The van der Waals surface area contributed by atoms with Gasteiger partial charge in [-0.3, -0.25) is 10.1 Å². The number of benzene rings is 3. The second-order valence-electron chi connectivity index (χ2n) is 5.76. The maximum absolute atomic E-state index is 13.2. The van der Waals surface area contributed by atoms with Gasteiger partial charge in [0.15, 0.2) is 5.75 Å². The summed E-state index contributed by atoms with van der Waals surface area (Å²) < 4.78 is 80.1. The molecule has 0 N–H and O–H groups in total. The number of rotatable bonds is 6. The topological polar surface area (TPSA) is 121 Å². The monoisotopic (exact) mass is 436 g/mol. The predicted octanol–water partition coefficient (Wildman–Crippen LogP) is 3.27. The van der Waals surface area contributed by atoms with Crippen molar-refractivity contribution >= 4 is 25.4 Å². The predicted molar refractivity (Wildman–Crippen MR) is 103 cm³/mol. The molecule has 8 nitrogen and oxygen atoms in total. The first-order chi connectivity index (χ1) is 14.8. The van der Waals surface area contributed by atoms with Crippen molar-refractivity contribution in [3.8, 4) is 5.75 Å². The number of hydrogen-bond donors (Lipinski definition) is 0. The van der Waals surface area contributed by atoms with Gasteiger partial charge in [-0.25, -0.2) is 16.8 Å². The Kier molecular flexibility index (Phi) is 4.40. The molecule has 0 atom stereocenters. The van der Waals surface area contributed by atoms with Crippen LogP contribution >= 0.6 is 0 Å². The van der Waals surface area contributed by atoms with Crippen molar-refractivity contribution in [1.82, 2.24) is 0 Å². The zero-order valence-electron chi connectivity index (χ0n) is 17.5. The highest BCUT2D eigenvalue weighted by Gasteiger charge is 2.33. The third-order valence-corrected chi connectivity index (χ3v) is 7.55. The molecular weight excluding hydrogens is 418 g/mol. The van der Waals surface area contributed by atoms with Crippen molar-refractivity contribution in [1.29, 1.82) is 0 Å². The number of sulfone groups is 2. The zero-order valence-corrected chi connectivity index (χ0v) is 16.2. The van der Waals surface area contributed by atoms with Gasteiger partial charge in [-0.2, -0.15) is 0 Å². The molecule has 0 bridgehead atoms. The van der Waals surface area contributed by atoms with E-state index in [0.29, 0.717) is 12.1 Å². The number of nitro benzene ring substituents is 1. The van der Waals surface area contributed by atoms with Crippen LogP contribution in [0.4, 0.5) is 5.69 Å². The van der Waals surface area contributed by atoms with Gasteiger partial charge in [0.25, 0.3) is 5.69 Å². The number of hydrogen-bond acceptors (Lipinski definition) is 7. The van der Waals surface area contributed by atoms with E-state index in [-0.39, 0.29) is 9.79 Å². The SMILES string of the molecule is [2H]C([2H])([2H])Oc1c(S(=O)(=O)c2ccccc2)cc([N+](=O)[O-])cc1S(=O)(=O)c1ccccc1. The minimum absolute atomic E-state index is 0.334. The van der Waals surface area contributed by atoms with E-state index in [1.165, 1.54) is 60.7 Å². The number of non-ortho nitro benzene ring substituents is 1. The van der Waals surface area contributed by atoms with Crippen molar-refractivity contribution in [2.75, 3.05) is 7.04 Å². The average molecular weight is 436 g/mol. The molecule has 0 amide bonds. The smallest absolute Gasteiger partial charge is 0.272 e. The molecule has 0 heterocycles. The fourth-order valence-corrected chi connectivity index (χ4v) is 5.57. The lowest BCUT2D eigenvalue weighted by molar-refractivity contribution is -0.385. The molecule has 0 aliphatic carbocycles. The van der Waals surface area contributed by atoms with E-state index in [1.807, 2.05) is 0 Å². The lowest BCUT2D eigenvalue weighted by Gasteiger charge is -2.14. The molecule has 0 unspecified atom stereocenters. The molecule has 0 fully saturated rings. The summed E-state index contributed by atoms with van der Waals surface area (Å²) in [6.45, 7) is 0. The minimum atomic E-state index is -4.61. The van der Waals surface area contributed by atoms with Crippen LogP contribution < -0.4 is 4.74 Å². The van der Waals surface area contributed by atoms with Crippen molar-refractivity contribution in [3.63, 3.8) is 0 Å². The van der Waals surface area contributed by atoms with Gasteiger partial charge < -0.3 is 4.74 Å². The highest BCUT2D eigenvalue weighted by molar-refractivity contribution is 7.92. The van der Waals surface area contributed by atoms with Gasteiger partial charge in [0.2, 0.25) is 19.7 Å². The maximum Gasteiger partial charge on any atom is 0.272 e. The van der Waals surface area contributed by atoms with Crippen molar-refractivity contribution in [2.24, 2.45) is 0 Å². The maximum atomic E-state index is 13.2. The molecule has 0 radical (unpaired) electrons. The third-order valence-electron chi connectivity index (χ3n) is 4.00. The molecule has 0 spiro atoms. The Morgan fingerprint density at radius 1 is 0.828 bits per heavy atom. The fourth-order valence-electron chi connectivity index (χ4n) is 2.62. The molecule has 3 aromatic carbocycles. The molecular formula is C19H15NO7S2. The largest absolute Gasteiger partial charge is 0.494 e. The summed E-state index contributed by atoms with van der Waals surface area (Å²) in [7, 11) is -12.5. The quantitative estimate of drug-likeness (QED) is 0.429. The minimum Gasteiger partial charge on any atom is -0.494 e. The second-order valence-corrected chi connectivity index (χ2v) is 9.60. The van der Waals surface area contributed by atoms with Gasteiger partial charge in [-0.15, -0.1) is 0 Å². The van der Waals surface area contributed by atoms with Crippen LogP contribution in [0.2, 0.25) is 0 Å². The van der Waals surface area contributed by atoms with Gasteiger partial charge in [0.1, 0.15) is 9.79 Å². The van der Waals surface area contributed by atoms with E-state index in [0.717, 1.165) is 0 Å². The lowest BCUT2D eigenvalue weighted by atomic mass is 10.3. The Morgan fingerprint density at radius 3 is 1.59 bits per heavy atom. The van der Waals surface area contributed by atoms with Crippen LogP contribution in [0.3, 0.4) is 0 Å². The van der Waals surface area contributed by atoms with Crippen LogP contribution in [-0.2, 0) is 19.7 Å². The Hall–Kier alpha value is -3.24. The summed E-state index contributed by atoms with van der Waals surface area (Å²) in [5.41, 5.74) is -0.869. The van der Waals surface area contributed by atoms with Crippen LogP contribution in [-0.4, -0.2) is 28.8 Å². The third kappa shape index (κ3) is 3.71. The summed E-state index contributed by atoms with van der Waals surface area (Å²) >= 11 is 0. The van der Waals surface area contributed by atoms with Crippen LogP contribution in [0.25, 0.3) is 0 Å². The summed E-state index contributed by atoms with van der Waals surface area (Å²) in [5, 5.41) is 11.5. The van der Waals surface area contributed by atoms with Gasteiger partial charge in [0, 0.05) is 12.1 Å². The van der Waals surface area contributed by atoms with E-state index in [9.17, 15) is 26.9 Å². The van der Waals surface area contributed by atoms with E-state index in [4.69, 9.17) is 8.85 Å². The van der Waals surface area contributed by atoms with Crippen LogP contribution in [0.15, 0.2) is 92.4 Å². The van der Waals surface area contributed by atoms with Crippen LogP contribution in [0.5, 0.6) is 5.75 Å². The number of nitro groups is 1. The molecule has 10 heteroatoms. The Bertz CT molecular complexity index is 1280. The summed E-state index contributed by atoms with van der Waals surface area (Å²) in [4.78, 5) is 7.94. The van der Waals surface area contributed by atoms with E-state index in [1.54, 1.807) is 0 Å². The van der Waals surface area contributed by atoms with Crippen molar-refractivity contribution in [3.05, 3.63) is 82.9 Å². The number of ether oxygens (including phenoxy) is 1. The highest BCUT2D eigenvalue weighted by Crippen LogP contribution is 2.40. The molecule has 150 valence electrons. The molecule has 0 saturated heterocycles. The first kappa shape index (κ1) is 16.7. The molecule has 3 aromatic rings. The van der Waals surface area contributed by atoms with Gasteiger partial charge in [0.05, 0.1) is 25.9 Å².